The molecule has 2 aromatic carbocycles. The van der Waals surface area contributed by atoms with Gasteiger partial charge >= 0.3 is 60.4 Å². The van der Waals surface area contributed by atoms with E-state index in [4.69, 9.17) is 24.5 Å². The molecule has 0 atom stereocenters. The second-order valence-corrected chi connectivity index (χ2v) is 25.4. The van der Waals surface area contributed by atoms with Crippen molar-refractivity contribution in [2.45, 2.75) is 147 Å². The molecule has 492 valence electrons. The average molecular weight is 1330 g/mol. The van der Waals surface area contributed by atoms with Crippen LogP contribution in [-0.4, -0.2) is 167 Å². The van der Waals surface area contributed by atoms with Crippen molar-refractivity contribution in [3.8, 4) is 22.5 Å². The number of aliphatic carboxylic acids is 3. The quantitative estimate of drug-likeness (QED) is 0.0698. The number of piperidine rings is 2. The van der Waals surface area contributed by atoms with E-state index in [-0.39, 0.29) is 46.6 Å². The maximum Gasteiger partial charge on any atom is 0.490 e. The van der Waals surface area contributed by atoms with Gasteiger partial charge in [0.15, 0.2) is 29.2 Å². The van der Waals surface area contributed by atoms with Crippen LogP contribution >= 0.6 is 0 Å². The van der Waals surface area contributed by atoms with Gasteiger partial charge in [0, 0.05) is 62.5 Å². The molecular formula is C54H60F16N4O12S2. The Labute approximate surface area is 493 Å². The molecule has 2 aromatic heterocycles. The van der Waals surface area contributed by atoms with Gasteiger partial charge in [-0.1, -0.05) is 50.2 Å². The molecule has 0 saturated carbocycles. The van der Waals surface area contributed by atoms with Gasteiger partial charge in [0.2, 0.25) is 0 Å². The normalized spacial score (nSPS) is 16.3. The molecule has 34 heteroatoms. The van der Waals surface area contributed by atoms with Gasteiger partial charge < -0.3 is 29.9 Å². The van der Waals surface area contributed by atoms with Crippen molar-refractivity contribution in [2.75, 3.05) is 39.3 Å². The Morgan fingerprint density at radius 2 is 0.795 bits per heavy atom. The number of hydrogen-bond acceptors (Lipinski definition) is 13. The molecule has 2 saturated heterocycles. The second kappa shape index (κ2) is 28.9. The van der Waals surface area contributed by atoms with Gasteiger partial charge in [-0.2, -0.15) is 70.2 Å². The lowest BCUT2D eigenvalue weighted by molar-refractivity contribution is -0.284. The molecule has 0 unspecified atom stereocenters. The highest BCUT2D eigenvalue weighted by Crippen LogP contribution is 2.42. The summed E-state index contributed by atoms with van der Waals surface area (Å²) >= 11 is 0. The highest BCUT2D eigenvalue weighted by molar-refractivity contribution is 7.94. The van der Waals surface area contributed by atoms with Gasteiger partial charge in [0.1, 0.15) is 5.60 Å². The summed E-state index contributed by atoms with van der Waals surface area (Å²) in [5.74, 6) is -17.3. The lowest BCUT2D eigenvalue weighted by atomic mass is 9.95. The Kier molecular flexibility index (Phi) is 24.8. The zero-order valence-electron chi connectivity index (χ0n) is 47.2. The molecule has 2 fully saturated rings. The standard InChI is InChI=1S/C27H33F5N2O4S.C23H25F5N2O4S.2C2HF3O2/c1-5-34-16-14-25(15-17-34,23(35)38-24(2,3)4)39(36,37)21-9-7-20(8-10-21)22-11-6-19(18-33-22)12-13-26(28,29)27(30,31)32;1-2-30-13-11-21(12-14-30,20(31)32)35(33,34)18-6-4-17(5-7-18)19-8-3-16(15-29-19)9-10-22(24,25)23(26,27)28;2*3-2(4,5)1(6)7/h6-11,18H,5,12-17H2,1-4H3;3-8,15H,2,9-14H2,1H3,(H,31,32);2*(H,6,7). The molecule has 88 heavy (non-hydrogen) atoms. The number of esters is 1. The van der Waals surface area contributed by atoms with Crippen molar-refractivity contribution < 1.29 is 126 Å². The summed E-state index contributed by atoms with van der Waals surface area (Å²) < 4.78 is 246. The predicted octanol–water partition coefficient (Wildman–Crippen LogP) is 11.7. The number of alkyl halides is 16. The lowest BCUT2D eigenvalue weighted by Gasteiger charge is -2.40. The van der Waals surface area contributed by atoms with Crippen LogP contribution in [-0.2, 0) is 56.4 Å². The number of sulfone groups is 2. The Hall–Kier alpha value is -6.68. The van der Waals surface area contributed by atoms with Crippen LogP contribution < -0.4 is 0 Å². The van der Waals surface area contributed by atoms with Crippen LogP contribution in [0.5, 0.6) is 0 Å². The van der Waals surface area contributed by atoms with Crippen molar-refractivity contribution in [3.05, 3.63) is 96.3 Å². The Bertz CT molecular complexity index is 3190. The van der Waals surface area contributed by atoms with Gasteiger partial charge in [-0.25, -0.2) is 26.4 Å². The van der Waals surface area contributed by atoms with Crippen molar-refractivity contribution in [1.29, 1.82) is 0 Å². The van der Waals surface area contributed by atoms with Crippen molar-refractivity contribution in [2.24, 2.45) is 0 Å². The van der Waals surface area contributed by atoms with Crippen LogP contribution in [0.3, 0.4) is 0 Å². The molecule has 0 aliphatic carbocycles. The minimum atomic E-state index is -5.62. The molecular weight excluding hydrogens is 1260 g/mol. The van der Waals surface area contributed by atoms with E-state index in [1.165, 1.54) is 85.2 Å². The fourth-order valence-electron chi connectivity index (χ4n) is 8.45. The SMILES string of the molecule is CCN1CCC(C(=O)O)(S(=O)(=O)c2ccc(-c3ccc(CCC(F)(F)C(F)(F)F)cn3)cc2)CC1.CCN1CCC(C(=O)OC(C)(C)C)(S(=O)(=O)c2ccc(-c3ccc(CCC(F)(F)C(F)(F)F)cn3)cc2)CC1.O=C(O)C(F)(F)F.O=C(O)C(F)(F)F. The van der Waals surface area contributed by atoms with E-state index in [2.05, 4.69) is 14.9 Å². The Balaban J connectivity index is 0.000000379. The fourth-order valence-corrected chi connectivity index (χ4v) is 12.3. The molecule has 0 spiro atoms. The molecule has 0 radical (unpaired) electrons. The van der Waals surface area contributed by atoms with Crippen LogP contribution in [0, 0.1) is 0 Å². The molecule has 3 N–H and O–H groups in total. The van der Waals surface area contributed by atoms with Crippen molar-refractivity contribution >= 4 is 43.6 Å². The molecule has 4 aromatic rings. The molecule has 4 heterocycles. The predicted molar refractivity (Wildman–Crippen MR) is 281 cm³/mol. The van der Waals surface area contributed by atoms with Crippen LogP contribution in [0.1, 0.15) is 84.3 Å². The average Bonchev–Trinajstić information content (AvgIpc) is 0.813. The maximum atomic E-state index is 13.9. The maximum absolute atomic E-state index is 13.9. The summed E-state index contributed by atoms with van der Waals surface area (Å²) in [7, 11) is -8.35. The number of hydrogen-bond donors (Lipinski definition) is 3. The second-order valence-electron chi connectivity index (χ2n) is 20.8. The summed E-state index contributed by atoms with van der Waals surface area (Å²) in [6, 6.07) is 16.9. The van der Waals surface area contributed by atoms with E-state index in [0.717, 1.165) is 6.54 Å². The fraction of sp³-hybridized carbons (Fsp3) is 0.519. The largest absolute Gasteiger partial charge is 0.490 e. The van der Waals surface area contributed by atoms with E-state index in [1.807, 2.05) is 18.7 Å². The number of carboxylic acids is 3. The van der Waals surface area contributed by atoms with E-state index >= 15 is 0 Å². The lowest BCUT2D eigenvalue weighted by Crippen LogP contribution is -2.56. The Morgan fingerprint density at radius 1 is 0.500 bits per heavy atom. The van der Waals surface area contributed by atoms with Gasteiger partial charge in [-0.05, 0) is 120 Å². The zero-order valence-corrected chi connectivity index (χ0v) is 48.8. The van der Waals surface area contributed by atoms with E-state index < -0.39 is 121 Å². The number of aromatic nitrogens is 2. The minimum Gasteiger partial charge on any atom is -0.480 e. The third kappa shape index (κ3) is 19.4. The molecule has 0 amide bonds. The topological polar surface area (TPSA) is 239 Å². The number of carbonyl (C=O) groups is 4. The van der Waals surface area contributed by atoms with E-state index in [1.54, 1.807) is 20.8 Å². The van der Waals surface area contributed by atoms with Crippen LogP contribution in [0.25, 0.3) is 22.5 Å². The highest BCUT2D eigenvalue weighted by atomic mass is 32.2. The minimum absolute atomic E-state index is 0.0311. The Morgan fingerprint density at radius 3 is 1.03 bits per heavy atom. The van der Waals surface area contributed by atoms with Crippen molar-refractivity contribution in [1.82, 2.24) is 19.8 Å². The third-order valence-corrected chi connectivity index (χ3v) is 18.8. The summed E-state index contributed by atoms with van der Waals surface area (Å²) in [5.41, 5.74) is 1.24. The first-order valence-corrected chi connectivity index (χ1v) is 29.0. The number of halogens is 16. The number of likely N-dealkylation sites (tertiary alicyclic amines) is 2. The molecule has 2 aliphatic heterocycles. The van der Waals surface area contributed by atoms with Crippen LogP contribution in [0.4, 0.5) is 70.2 Å². The number of carbonyl (C=O) groups excluding carboxylic acids is 1. The first kappa shape index (κ1) is 75.6. The number of rotatable bonds is 16. The third-order valence-electron chi connectivity index (χ3n) is 13.8. The highest BCUT2D eigenvalue weighted by Gasteiger charge is 2.58. The number of aryl methyl sites for hydroxylation is 2. The molecule has 16 nitrogen and oxygen atoms in total. The number of benzene rings is 2. The van der Waals surface area contributed by atoms with Crippen LogP contribution in [0.15, 0.2) is 95.0 Å². The number of pyridine rings is 2. The van der Waals surface area contributed by atoms with Gasteiger partial charge in [-0.3, -0.25) is 19.6 Å². The molecule has 0 bridgehead atoms. The summed E-state index contributed by atoms with van der Waals surface area (Å²) in [5, 5.41) is 24.1. The zero-order chi connectivity index (χ0) is 67.5. The summed E-state index contributed by atoms with van der Waals surface area (Å²) in [6.45, 7) is 11.9. The number of nitrogens with zero attached hydrogens (tertiary/aromatic N) is 4. The summed E-state index contributed by atoms with van der Waals surface area (Å²) in [4.78, 5) is 55.2. The van der Waals surface area contributed by atoms with Gasteiger partial charge in [-0.15, -0.1) is 0 Å². The monoisotopic (exact) mass is 1320 g/mol. The smallest absolute Gasteiger partial charge is 0.480 e. The molecule has 2 aliphatic rings. The number of ether oxygens (including phenoxy) is 1. The van der Waals surface area contributed by atoms with Gasteiger partial charge in [0.05, 0.1) is 21.2 Å². The first-order valence-electron chi connectivity index (χ1n) is 26.0. The number of carboxylic acid groups (broad SMARTS) is 3. The van der Waals surface area contributed by atoms with Crippen molar-refractivity contribution in [3.63, 3.8) is 0 Å². The summed E-state index contributed by atoms with van der Waals surface area (Å²) in [6.07, 6.45) is -22.7. The van der Waals surface area contributed by atoms with Gasteiger partial charge in [0.25, 0.3) is 0 Å². The van der Waals surface area contributed by atoms with Crippen LogP contribution in [0.2, 0.25) is 0 Å². The van der Waals surface area contributed by atoms with E-state index in [9.17, 15) is 102 Å². The first-order chi connectivity index (χ1) is 40.0. The van der Waals surface area contributed by atoms with E-state index in [0.29, 0.717) is 55.2 Å². The molecule has 6 rings (SSSR count).